The van der Waals surface area contributed by atoms with Crippen molar-refractivity contribution >= 4 is 5.82 Å². The fraction of sp³-hybridized carbons (Fsp3) is 0.600. The zero-order chi connectivity index (χ0) is 14.7. The van der Waals surface area contributed by atoms with Gasteiger partial charge in [0.2, 0.25) is 0 Å². The maximum atomic E-state index is 11.8. The van der Waals surface area contributed by atoms with Crippen LogP contribution in [0.4, 0.5) is 5.82 Å². The van der Waals surface area contributed by atoms with Crippen molar-refractivity contribution in [3.8, 4) is 0 Å². The second-order valence-corrected chi connectivity index (χ2v) is 4.20. The molecule has 0 amide bonds. The Morgan fingerprint density at radius 2 is 2.30 bits per heavy atom. The van der Waals surface area contributed by atoms with Gasteiger partial charge in [0.05, 0.1) is 6.61 Å². The van der Waals surface area contributed by atoms with E-state index in [1.807, 2.05) is 0 Å². The van der Waals surface area contributed by atoms with Crippen LogP contribution in [0.1, 0.15) is 6.23 Å². The minimum absolute atomic E-state index is 0.0614. The summed E-state index contributed by atoms with van der Waals surface area (Å²) < 4.78 is 11.7. The van der Waals surface area contributed by atoms with Crippen molar-refractivity contribution in [3.63, 3.8) is 0 Å². The number of nitrogens with zero attached hydrogens (tertiary/aromatic N) is 2. The summed E-state index contributed by atoms with van der Waals surface area (Å²) in [4.78, 5) is 19.6. The van der Waals surface area contributed by atoms with Crippen molar-refractivity contribution in [2.24, 2.45) is 5.90 Å². The van der Waals surface area contributed by atoms with Crippen LogP contribution in [-0.4, -0.2) is 51.5 Å². The number of hydrogen-bond donors (Lipinski definition) is 4. The van der Waals surface area contributed by atoms with Gasteiger partial charge in [0, 0.05) is 6.20 Å². The molecule has 20 heavy (non-hydrogen) atoms. The molecule has 0 saturated carbocycles. The van der Waals surface area contributed by atoms with Gasteiger partial charge < -0.3 is 25.4 Å². The summed E-state index contributed by atoms with van der Waals surface area (Å²) in [5, 5.41) is 19.1. The molecule has 6 N–H and O–H groups in total. The maximum Gasteiger partial charge on any atom is 0.351 e. The molecule has 2 rings (SSSR count). The quantitative estimate of drug-likeness (QED) is 0.334. The number of aliphatic hydroxyl groups is 2. The lowest BCUT2D eigenvalue weighted by atomic mass is 10.1. The van der Waals surface area contributed by atoms with Gasteiger partial charge in [0.25, 0.3) is 0 Å². The first kappa shape index (κ1) is 14.8. The predicted molar refractivity (Wildman–Crippen MR) is 64.9 cm³/mol. The van der Waals surface area contributed by atoms with Crippen LogP contribution in [0.25, 0.3) is 0 Å². The molecule has 10 nitrogen and oxygen atoms in total. The van der Waals surface area contributed by atoms with Gasteiger partial charge in [-0.3, -0.25) is 9.40 Å². The van der Waals surface area contributed by atoms with E-state index in [9.17, 15) is 9.90 Å². The molecular weight excluding hydrogens is 272 g/mol. The Labute approximate surface area is 113 Å². The second kappa shape index (κ2) is 6.26. The van der Waals surface area contributed by atoms with E-state index in [4.69, 9.17) is 26.2 Å². The van der Waals surface area contributed by atoms with Crippen LogP contribution in [0.2, 0.25) is 0 Å². The number of hydrogen-bond acceptors (Lipinski definition) is 9. The first-order valence-corrected chi connectivity index (χ1v) is 5.80. The van der Waals surface area contributed by atoms with Crippen molar-refractivity contribution in [2.75, 3.05) is 19.1 Å². The molecule has 1 fully saturated rings. The molecule has 1 aliphatic heterocycles. The van der Waals surface area contributed by atoms with E-state index in [2.05, 4.69) is 9.82 Å². The van der Waals surface area contributed by atoms with Gasteiger partial charge in [0.15, 0.2) is 13.0 Å². The number of anilines is 1. The van der Waals surface area contributed by atoms with Crippen LogP contribution >= 0.6 is 0 Å². The fourth-order valence-electron chi connectivity index (χ4n) is 2.01. The molecule has 0 bridgehead atoms. The smallest absolute Gasteiger partial charge is 0.351 e. The summed E-state index contributed by atoms with van der Waals surface area (Å²) in [5.41, 5.74) is 4.74. The van der Waals surface area contributed by atoms with Crippen LogP contribution < -0.4 is 17.3 Å². The van der Waals surface area contributed by atoms with E-state index in [1.54, 1.807) is 0 Å². The van der Waals surface area contributed by atoms with Gasteiger partial charge in [-0.25, -0.2) is 10.7 Å². The molecule has 0 unspecified atom stereocenters. The Morgan fingerprint density at radius 3 is 2.90 bits per heavy atom. The topological polar surface area (TPSA) is 155 Å². The summed E-state index contributed by atoms with van der Waals surface area (Å²) in [6.45, 7) is -0.741. The van der Waals surface area contributed by atoms with Gasteiger partial charge >= 0.3 is 5.69 Å². The van der Waals surface area contributed by atoms with E-state index >= 15 is 0 Å². The van der Waals surface area contributed by atoms with Crippen molar-refractivity contribution in [2.45, 2.75) is 24.5 Å². The third-order valence-electron chi connectivity index (χ3n) is 2.95. The van der Waals surface area contributed by atoms with Crippen LogP contribution in [-0.2, 0) is 14.3 Å². The average molecular weight is 288 g/mol. The van der Waals surface area contributed by atoms with Crippen molar-refractivity contribution in [1.29, 1.82) is 0 Å². The molecule has 1 aromatic heterocycles. The third kappa shape index (κ3) is 2.80. The van der Waals surface area contributed by atoms with E-state index in [-0.39, 0.29) is 12.6 Å². The Bertz CT molecular complexity index is 509. The van der Waals surface area contributed by atoms with Gasteiger partial charge in [-0.15, -0.1) is 0 Å². The zero-order valence-electron chi connectivity index (χ0n) is 10.5. The number of rotatable bonds is 5. The SMILES string of the molecule is NOCO[C@@H]1[C@H](O)[C@@H](CO)O[C@H]1n1ccc(N)nc1=O. The molecule has 10 heteroatoms. The summed E-state index contributed by atoms with van der Waals surface area (Å²) in [5.74, 6) is 4.92. The number of nitrogen functional groups attached to an aromatic ring is 1. The van der Waals surface area contributed by atoms with E-state index in [1.165, 1.54) is 12.3 Å². The Hall–Kier alpha value is -1.56. The highest BCUT2D eigenvalue weighted by atomic mass is 16.7. The third-order valence-corrected chi connectivity index (χ3v) is 2.95. The molecule has 0 radical (unpaired) electrons. The first-order valence-electron chi connectivity index (χ1n) is 5.80. The van der Waals surface area contributed by atoms with E-state index in [0.717, 1.165) is 4.57 Å². The monoisotopic (exact) mass is 288 g/mol. The average Bonchev–Trinajstić information content (AvgIpc) is 2.73. The fourth-order valence-corrected chi connectivity index (χ4v) is 2.01. The lowest BCUT2D eigenvalue weighted by Crippen LogP contribution is -2.38. The van der Waals surface area contributed by atoms with Gasteiger partial charge in [-0.2, -0.15) is 4.98 Å². The summed E-state index contributed by atoms with van der Waals surface area (Å²) in [7, 11) is 0. The standard InChI is InChI=1S/C10H16N4O6/c11-6-1-2-14(10(17)13-6)9-8(18-4-19-12)7(16)5(3-15)20-9/h1-2,5,7-9,15-16H,3-4,12H2,(H2,11,13,17)/t5-,7-,8-,9-/m1/s1. The molecule has 0 aromatic carbocycles. The molecule has 112 valence electrons. The van der Waals surface area contributed by atoms with Gasteiger partial charge in [-0.05, 0) is 6.07 Å². The predicted octanol–water partition coefficient (Wildman–Crippen LogP) is -2.69. The minimum atomic E-state index is -1.15. The van der Waals surface area contributed by atoms with E-state index in [0.29, 0.717) is 0 Å². The molecular formula is C10H16N4O6. The Balaban J connectivity index is 2.29. The molecule has 2 heterocycles. The van der Waals surface area contributed by atoms with Crippen LogP contribution in [0.15, 0.2) is 17.1 Å². The molecule has 0 spiro atoms. The molecule has 1 aliphatic rings. The summed E-state index contributed by atoms with van der Waals surface area (Å²) >= 11 is 0. The van der Waals surface area contributed by atoms with Crippen LogP contribution in [0.3, 0.4) is 0 Å². The number of ether oxygens (including phenoxy) is 2. The van der Waals surface area contributed by atoms with Crippen molar-refractivity contribution in [1.82, 2.24) is 9.55 Å². The van der Waals surface area contributed by atoms with Gasteiger partial charge in [-0.1, -0.05) is 0 Å². The highest BCUT2D eigenvalue weighted by Crippen LogP contribution is 2.30. The number of nitrogens with two attached hydrogens (primary N) is 2. The summed E-state index contributed by atoms with van der Waals surface area (Å²) in [6.07, 6.45) is -2.60. The molecule has 1 aromatic rings. The summed E-state index contributed by atoms with van der Waals surface area (Å²) in [6, 6.07) is 1.40. The Morgan fingerprint density at radius 1 is 1.55 bits per heavy atom. The maximum absolute atomic E-state index is 11.8. The molecule has 4 atom stereocenters. The van der Waals surface area contributed by atoms with Crippen molar-refractivity contribution < 1.29 is 24.5 Å². The van der Waals surface area contributed by atoms with Crippen LogP contribution in [0, 0.1) is 0 Å². The van der Waals surface area contributed by atoms with Crippen molar-refractivity contribution in [3.05, 3.63) is 22.7 Å². The number of aromatic nitrogens is 2. The minimum Gasteiger partial charge on any atom is -0.394 e. The molecule has 1 saturated heterocycles. The number of aliphatic hydroxyl groups excluding tert-OH is 2. The zero-order valence-corrected chi connectivity index (χ0v) is 10.5. The molecule has 0 aliphatic carbocycles. The second-order valence-electron chi connectivity index (χ2n) is 4.20. The van der Waals surface area contributed by atoms with Crippen LogP contribution in [0.5, 0.6) is 0 Å². The highest BCUT2D eigenvalue weighted by Gasteiger charge is 2.45. The first-order chi connectivity index (χ1) is 9.58. The van der Waals surface area contributed by atoms with Gasteiger partial charge in [0.1, 0.15) is 24.1 Å². The van der Waals surface area contributed by atoms with E-state index < -0.39 is 36.8 Å². The lowest BCUT2D eigenvalue weighted by molar-refractivity contribution is -0.141. The normalized spacial score (nSPS) is 29.8. The highest BCUT2D eigenvalue weighted by molar-refractivity contribution is 5.23. The largest absolute Gasteiger partial charge is 0.394 e. The lowest BCUT2D eigenvalue weighted by Gasteiger charge is -2.21. The Kier molecular flexibility index (Phi) is 4.65.